The van der Waals surface area contributed by atoms with Crippen molar-refractivity contribution in [2.24, 2.45) is 0 Å². The number of methoxy groups -OCH3 is 1. The summed E-state index contributed by atoms with van der Waals surface area (Å²) >= 11 is 0. The Hall–Kier alpha value is -3.47. The van der Waals surface area contributed by atoms with Gasteiger partial charge in [-0.15, -0.1) is 0 Å². The van der Waals surface area contributed by atoms with Crippen molar-refractivity contribution in [3.63, 3.8) is 0 Å². The lowest BCUT2D eigenvalue weighted by Crippen LogP contribution is -2.30. The van der Waals surface area contributed by atoms with E-state index in [0.29, 0.717) is 17.0 Å². The van der Waals surface area contributed by atoms with Gasteiger partial charge in [0.1, 0.15) is 22.7 Å². The monoisotopic (exact) mass is 401 g/mol. The van der Waals surface area contributed by atoms with Crippen LogP contribution in [0.1, 0.15) is 24.5 Å². The molecule has 1 heterocycles. The third-order valence-electron chi connectivity index (χ3n) is 5.71. The Balaban J connectivity index is 1.38. The Labute approximate surface area is 174 Å². The van der Waals surface area contributed by atoms with Gasteiger partial charge >= 0.3 is 0 Å². The van der Waals surface area contributed by atoms with Gasteiger partial charge in [0, 0.05) is 16.8 Å². The van der Waals surface area contributed by atoms with Crippen LogP contribution in [0.25, 0.3) is 21.9 Å². The van der Waals surface area contributed by atoms with Gasteiger partial charge in [-0.2, -0.15) is 0 Å². The Bertz CT molecular complexity index is 1260. The van der Waals surface area contributed by atoms with Crippen molar-refractivity contribution in [2.75, 3.05) is 12.4 Å². The highest BCUT2D eigenvalue weighted by Crippen LogP contribution is 2.36. The quantitative estimate of drug-likeness (QED) is 0.480. The number of aryl methyl sites for hydroxylation is 2. The predicted octanol–water partition coefficient (Wildman–Crippen LogP) is 5.49. The van der Waals surface area contributed by atoms with Crippen LogP contribution in [-0.2, 0) is 17.6 Å². The molecule has 1 aromatic heterocycles. The standard InChI is InChI=1S/C25H23NO4/c1-15(29-18-11-10-16-6-5-7-17(16)12-18)25(27)26-21-14-23-20(13-24(21)28-2)19-8-3-4-9-22(19)30-23/h3-4,8-15H,5-7H2,1-2H3,(H,26,27)/t15-/m0/s1. The number of ether oxygens (including phenoxy) is 2. The summed E-state index contributed by atoms with van der Waals surface area (Å²) in [5.74, 6) is 1.05. The maximum Gasteiger partial charge on any atom is 0.265 e. The van der Waals surface area contributed by atoms with E-state index >= 15 is 0 Å². The Morgan fingerprint density at radius 2 is 1.83 bits per heavy atom. The number of amides is 1. The van der Waals surface area contributed by atoms with E-state index in [2.05, 4.69) is 11.4 Å². The molecule has 152 valence electrons. The minimum atomic E-state index is -0.652. The first kappa shape index (κ1) is 18.6. The van der Waals surface area contributed by atoms with Crippen molar-refractivity contribution < 1.29 is 18.7 Å². The molecule has 0 saturated heterocycles. The number of para-hydroxylation sites is 1. The number of fused-ring (bicyclic) bond motifs is 4. The van der Waals surface area contributed by atoms with Gasteiger partial charge in [-0.3, -0.25) is 4.79 Å². The van der Waals surface area contributed by atoms with Crippen molar-refractivity contribution in [1.82, 2.24) is 0 Å². The molecule has 1 atom stereocenters. The van der Waals surface area contributed by atoms with Gasteiger partial charge in [0.05, 0.1) is 12.8 Å². The summed E-state index contributed by atoms with van der Waals surface area (Å²) in [5, 5.41) is 4.88. The van der Waals surface area contributed by atoms with Crippen LogP contribution < -0.4 is 14.8 Å². The van der Waals surface area contributed by atoms with Crippen LogP contribution in [0.4, 0.5) is 5.69 Å². The van der Waals surface area contributed by atoms with Gasteiger partial charge in [0.2, 0.25) is 0 Å². The Morgan fingerprint density at radius 3 is 2.70 bits per heavy atom. The minimum Gasteiger partial charge on any atom is -0.495 e. The molecule has 1 N–H and O–H groups in total. The molecule has 0 unspecified atom stereocenters. The zero-order valence-electron chi connectivity index (χ0n) is 17.0. The smallest absolute Gasteiger partial charge is 0.265 e. The topological polar surface area (TPSA) is 60.7 Å². The van der Waals surface area contributed by atoms with Crippen LogP contribution in [0.3, 0.4) is 0 Å². The zero-order chi connectivity index (χ0) is 20.7. The lowest BCUT2D eigenvalue weighted by atomic mass is 10.1. The van der Waals surface area contributed by atoms with E-state index in [4.69, 9.17) is 13.9 Å². The fourth-order valence-corrected chi connectivity index (χ4v) is 4.13. The number of benzene rings is 3. The summed E-state index contributed by atoms with van der Waals surface area (Å²) in [6.45, 7) is 1.74. The summed E-state index contributed by atoms with van der Waals surface area (Å²) in [6, 6.07) is 17.6. The molecule has 5 rings (SSSR count). The van der Waals surface area contributed by atoms with Crippen molar-refractivity contribution in [1.29, 1.82) is 0 Å². The summed E-state index contributed by atoms with van der Waals surface area (Å²) in [4.78, 5) is 12.8. The summed E-state index contributed by atoms with van der Waals surface area (Å²) in [7, 11) is 1.59. The minimum absolute atomic E-state index is 0.246. The second kappa shape index (κ2) is 7.41. The Kier molecular flexibility index (Phi) is 4.58. The number of hydrogen-bond acceptors (Lipinski definition) is 4. The fraction of sp³-hybridized carbons (Fsp3) is 0.240. The van der Waals surface area contributed by atoms with Crippen LogP contribution in [0, 0.1) is 0 Å². The molecule has 1 aliphatic rings. The average Bonchev–Trinajstić information content (AvgIpc) is 3.36. The van der Waals surface area contributed by atoms with Crippen molar-refractivity contribution in [3.8, 4) is 11.5 Å². The van der Waals surface area contributed by atoms with Gasteiger partial charge in [-0.25, -0.2) is 0 Å². The fourth-order valence-electron chi connectivity index (χ4n) is 4.13. The van der Waals surface area contributed by atoms with Gasteiger partial charge in [0.25, 0.3) is 5.91 Å². The number of carbonyl (C=O) groups is 1. The van der Waals surface area contributed by atoms with Crippen LogP contribution in [0.2, 0.25) is 0 Å². The number of furan rings is 1. The van der Waals surface area contributed by atoms with Gasteiger partial charge in [0.15, 0.2) is 6.10 Å². The van der Waals surface area contributed by atoms with Crippen molar-refractivity contribution >= 4 is 33.5 Å². The molecular formula is C25H23NO4. The maximum atomic E-state index is 12.8. The van der Waals surface area contributed by atoms with Crippen LogP contribution in [-0.4, -0.2) is 19.1 Å². The molecular weight excluding hydrogens is 378 g/mol. The molecule has 0 spiro atoms. The van der Waals surface area contributed by atoms with Crippen LogP contribution >= 0.6 is 0 Å². The number of anilines is 1. The van der Waals surface area contributed by atoms with Crippen molar-refractivity contribution in [2.45, 2.75) is 32.3 Å². The second-order valence-electron chi connectivity index (χ2n) is 7.68. The first-order valence-electron chi connectivity index (χ1n) is 10.2. The van der Waals surface area contributed by atoms with E-state index in [1.807, 2.05) is 42.5 Å². The molecule has 0 aliphatic heterocycles. The number of hydrogen-bond donors (Lipinski definition) is 1. The van der Waals surface area contributed by atoms with E-state index in [1.165, 1.54) is 17.5 Å². The SMILES string of the molecule is COc1cc2c(cc1NC(=O)[C@H](C)Oc1ccc3c(c1)CCC3)oc1ccccc12. The molecule has 0 bridgehead atoms. The predicted molar refractivity (Wildman–Crippen MR) is 117 cm³/mol. The highest BCUT2D eigenvalue weighted by atomic mass is 16.5. The van der Waals surface area contributed by atoms with E-state index in [9.17, 15) is 4.79 Å². The number of rotatable bonds is 5. The lowest BCUT2D eigenvalue weighted by Gasteiger charge is -2.17. The molecule has 5 heteroatoms. The van der Waals surface area contributed by atoms with Crippen LogP contribution in [0.15, 0.2) is 59.0 Å². The summed E-state index contributed by atoms with van der Waals surface area (Å²) < 4.78 is 17.4. The van der Waals surface area contributed by atoms with Gasteiger partial charge < -0.3 is 19.2 Å². The lowest BCUT2D eigenvalue weighted by molar-refractivity contribution is -0.122. The first-order chi connectivity index (χ1) is 14.6. The summed E-state index contributed by atoms with van der Waals surface area (Å²) in [5.41, 5.74) is 4.74. The van der Waals surface area contributed by atoms with E-state index in [1.54, 1.807) is 20.1 Å². The molecule has 4 aromatic rings. The molecule has 0 saturated carbocycles. The van der Waals surface area contributed by atoms with Crippen LogP contribution in [0.5, 0.6) is 11.5 Å². The third-order valence-corrected chi connectivity index (χ3v) is 5.71. The van der Waals surface area contributed by atoms with E-state index in [0.717, 1.165) is 34.9 Å². The second-order valence-corrected chi connectivity index (χ2v) is 7.68. The summed E-state index contributed by atoms with van der Waals surface area (Å²) in [6.07, 6.45) is 2.72. The largest absolute Gasteiger partial charge is 0.495 e. The first-order valence-corrected chi connectivity index (χ1v) is 10.2. The highest BCUT2D eigenvalue weighted by molar-refractivity contribution is 6.08. The molecule has 30 heavy (non-hydrogen) atoms. The molecule has 0 fully saturated rings. The molecule has 0 radical (unpaired) electrons. The number of carbonyl (C=O) groups excluding carboxylic acids is 1. The molecule has 1 aliphatic carbocycles. The van der Waals surface area contributed by atoms with E-state index < -0.39 is 6.10 Å². The molecule has 3 aromatic carbocycles. The van der Waals surface area contributed by atoms with Gasteiger partial charge in [-0.1, -0.05) is 24.3 Å². The maximum absolute atomic E-state index is 12.8. The van der Waals surface area contributed by atoms with E-state index in [-0.39, 0.29) is 5.91 Å². The Morgan fingerprint density at radius 1 is 1.00 bits per heavy atom. The zero-order valence-corrected chi connectivity index (χ0v) is 17.0. The molecule has 5 nitrogen and oxygen atoms in total. The number of nitrogens with one attached hydrogen (secondary N) is 1. The van der Waals surface area contributed by atoms with Gasteiger partial charge in [-0.05, 0) is 61.6 Å². The average molecular weight is 401 g/mol. The highest BCUT2D eigenvalue weighted by Gasteiger charge is 2.20. The third kappa shape index (κ3) is 3.26. The molecule has 1 amide bonds. The van der Waals surface area contributed by atoms with Crippen molar-refractivity contribution in [3.05, 3.63) is 65.7 Å². The normalized spacial score (nSPS) is 13.9.